The lowest BCUT2D eigenvalue weighted by Crippen LogP contribution is -2.34. The third-order valence-electron chi connectivity index (χ3n) is 3.29. The SMILES string of the molecule is CN1CCC(C(=O)c2cccn2C)CC1. The number of rotatable bonds is 2. The average Bonchev–Trinajstić information content (AvgIpc) is 2.65. The Labute approximate surface area is 90.7 Å². The molecule has 3 heteroatoms. The maximum absolute atomic E-state index is 12.1. The van der Waals surface area contributed by atoms with E-state index in [1.165, 1.54) is 0 Å². The van der Waals surface area contributed by atoms with Gasteiger partial charge in [-0.05, 0) is 45.1 Å². The van der Waals surface area contributed by atoms with Crippen LogP contribution in [0.5, 0.6) is 0 Å². The van der Waals surface area contributed by atoms with Crippen molar-refractivity contribution in [2.75, 3.05) is 20.1 Å². The van der Waals surface area contributed by atoms with Gasteiger partial charge in [-0.3, -0.25) is 4.79 Å². The summed E-state index contributed by atoms with van der Waals surface area (Å²) in [5, 5.41) is 0. The Morgan fingerprint density at radius 1 is 1.33 bits per heavy atom. The molecule has 0 atom stereocenters. The number of piperidine rings is 1. The number of hydrogen-bond donors (Lipinski definition) is 0. The molecule has 3 nitrogen and oxygen atoms in total. The van der Waals surface area contributed by atoms with Gasteiger partial charge in [0.1, 0.15) is 0 Å². The second-order valence-corrected chi connectivity index (χ2v) is 4.45. The molecule has 1 aromatic rings. The molecule has 0 saturated carbocycles. The van der Waals surface area contributed by atoms with Gasteiger partial charge in [-0.1, -0.05) is 0 Å². The van der Waals surface area contributed by atoms with Crippen LogP contribution in [0.15, 0.2) is 18.3 Å². The molecule has 15 heavy (non-hydrogen) atoms. The van der Waals surface area contributed by atoms with Gasteiger partial charge in [0.05, 0.1) is 5.69 Å². The molecule has 0 N–H and O–H groups in total. The summed E-state index contributed by atoms with van der Waals surface area (Å²) >= 11 is 0. The van der Waals surface area contributed by atoms with Crippen molar-refractivity contribution in [3.05, 3.63) is 24.0 Å². The van der Waals surface area contributed by atoms with Gasteiger partial charge in [0, 0.05) is 19.2 Å². The van der Waals surface area contributed by atoms with Crippen molar-refractivity contribution in [1.82, 2.24) is 9.47 Å². The smallest absolute Gasteiger partial charge is 0.182 e. The van der Waals surface area contributed by atoms with E-state index >= 15 is 0 Å². The highest BCUT2D eigenvalue weighted by Gasteiger charge is 2.25. The second-order valence-electron chi connectivity index (χ2n) is 4.45. The molecule has 0 spiro atoms. The van der Waals surface area contributed by atoms with Gasteiger partial charge in [0.2, 0.25) is 0 Å². The topological polar surface area (TPSA) is 25.2 Å². The first kappa shape index (κ1) is 10.4. The van der Waals surface area contributed by atoms with E-state index in [0.29, 0.717) is 5.78 Å². The molecule has 82 valence electrons. The first-order valence-corrected chi connectivity index (χ1v) is 5.52. The van der Waals surface area contributed by atoms with Crippen molar-refractivity contribution < 1.29 is 4.79 Å². The Hall–Kier alpha value is -1.09. The highest BCUT2D eigenvalue weighted by atomic mass is 16.1. The summed E-state index contributed by atoms with van der Waals surface area (Å²) < 4.78 is 1.92. The summed E-state index contributed by atoms with van der Waals surface area (Å²) in [4.78, 5) is 14.4. The Balaban J connectivity index is 2.06. The summed E-state index contributed by atoms with van der Waals surface area (Å²) in [6.45, 7) is 2.08. The van der Waals surface area contributed by atoms with Crippen molar-refractivity contribution in [2.45, 2.75) is 12.8 Å². The van der Waals surface area contributed by atoms with Crippen LogP contribution in [-0.4, -0.2) is 35.4 Å². The highest BCUT2D eigenvalue weighted by molar-refractivity contribution is 5.96. The van der Waals surface area contributed by atoms with Crippen molar-refractivity contribution in [1.29, 1.82) is 0 Å². The minimum absolute atomic E-state index is 0.231. The Morgan fingerprint density at radius 3 is 2.53 bits per heavy atom. The number of likely N-dealkylation sites (tertiary alicyclic amines) is 1. The van der Waals surface area contributed by atoms with E-state index in [1.807, 2.05) is 29.9 Å². The molecule has 1 fully saturated rings. The maximum Gasteiger partial charge on any atom is 0.182 e. The number of aryl methyl sites for hydroxylation is 1. The van der Waals surface area contributed by atoms with Crippen molar-refractivity contribution in [2.24, 2.45) is 13.0 Å². The first-order valence-electron chi connectivity index (χ1n) is 5.52. The molecule has 1 saturated heterocycles. The Kier molecular flexibility index (Phi) is 2.91. The summed E-state index contributed by atoms with van der Waals surface area (Å²) in [6, 6.07) is 3.85. The molecule has 2 heterocycles. The van der Waals surface area contributed by atoms with Gasteiger partial charge < -0.3 is 9.47 Å². The fraction of sp³-hybridized carbons (Fsp3) is 0.583. The zero-order valence-corrected chi connectivity index (χ0v) is 9.44. The van der Waals surface area contributed by atoms with Crippen LogP contribution in [0.25, 0.3) is 0 Å². The molecular weight excluding hydrogens is 188 g/mol. The number of ketones is 1. The lowest BCUT2D eigenvalue weighted by Gasteiger charge is -2.27. The van der Waals surface area contributed by atoms with Crippen LogP contribution in [0.1, 0.15) is 23.3 Å². The van der Waals surface area contributed by atoms with Gasteiger partial charge >= 0.3 is 0 Å². The fourth-order valence-electron chi connectivity index (χ4n) is 2.20. The van der Waals surface area contributed by atoms with Crippen LogP contribution < -0.4 is 0 Å². The summed E-state index contributed by atoms with van der Waals surface area (Å²) in [6.07, 6.45) is 3.93. The molecule has 0 unspecified atom stereocenters. The van der Waals surface area contributed by atoms with Crippen LogP contribution in [-0.2, 0) is 7.05 Å². The minimum Gasteiger partial charge on any atom is -0.348 e. The molecule has 0 amide bonds. The summed E-state index contributed by atoms with van der Waals surface area (Å²) in [5.41, 5.74) is 0.851. The van der Waals surface area contributed by atoms with E-state index in [1.54, 1.807) is 0 Å². The molecule has 0 aliphatic carbocycles. The molecule has 0 radical (unpaired) electrons. The van der Waals surface area contributed by atoms with Crippen LogP contribution in [0.3, 0.4) is 0 Å². The predicted octanol–water partition coefficient (Wildman–Crippen LogP) is 1.55. The lowest BCUT2D eigenvalue weighted by molar-refractivity contribution is 0.0848. The molecular formula is C12H18N2O. The number of nitrogens with zero attached hydrogens (tertiary/aromatic N) is 2. The number of aromatic nitrogens is 1. The average molecular weight is 206 g/mol. The minimum atomic E-state index is 0.231. The monoisotopic (exact) mass is 206 g/mol. The first-order chi connectivity index (χ1) is 7.18. The summed E-state index contributed by atoms with van der Waals surface area (Å²) in [7, 11) is 4.05. The van der Waals surface area contributed by atoms with E-state index in [2.05, 4.69) is 11.9 Å². The van der Waals surface area contributed by atoms with Crippen LogP contribution in [0, 0.1) is 5.92 Å². The number of Topliss-reactive ketones (excluding diaryl/α,β-unsaturated/α-hetero) is 1. The molecule has 0 bridgehead atoms. The lowest BCUT2D eigenvalue weighted by atomic mass is 9.91. The van der Waals surface area contributed by atoms with Gasteiger partial charge in [-0.25, -0.2) is 0 Å². The quantitative estimate of drug-likeness (QED) is 0.686. The Bertz CT molecular complexity index is 348. The normalized spacial score (nSPS) is 19.3. The molecule has 1 aliphatic rings. The van der Waals surface area contributed by atoms with E-state index in [-0.39, 0.29) is 5.92 Å². The molecule has 1 aromatic heterocycles. The second kappa shape index (κ2) is 4.19. The van der Waals surface area contributed by atoms with Gasteiger partial charge in [0.15, 0.2) is 5.78 Å². The molecule has 0 aromatic carbocycles. The van der Waals surface area contributed by atoms with Crippen molar-refractivity contribution in [3.8, 4) is 0 Å². The number of carbonyl (C=O) groups excluding carboxylic acids is 1. The zero-order valence-electron chi connectivity index (χ0n) is 9.44. The van der Waals surface area contributed by atoms with Crippen molar-refractivity contribution in [3.63, 3.8) is 0 Å². The van der Waals surface area contributed by atoms with Crippen LogP contribution in [0.4, 0.5) is 0 Å². The number of hydrogen-bond acceptors (Lipinski definition) is 2. The van der Waals surface area contributed by atoms with E-state index < -0.39 is 0 Å². The standard InChI is InChI=1S/C12H18N2O/c1-13-8-5-10(6-9-13)12(15)11-4-3-7-14(11)2/h3-4,7,10H,5-6,8-9H2,1-2H3. The third kappa shape index (κ3) is 2.12. The Morgan fingerprint density at radius 2 is 2.00 bits per heavy atom. The predicted molar refractivity (Wildman–Crippen MR) is 60.0 cm³/mol. The van der Waals surface area contributed by atoms with Crippen molar-refractivity contribution >= 4 is 5.78 Å². The van der Waals surface area contributed by atoms with Crippen LogP contribution >= 0.6 is 0 Å². The van der Waals surface area contributed by atoms with E-state index in [0.717, 1.165) is 31.6 Å². The van der Waals surface area contributed by atoms with Gasteiger partial charge in [-0.2, -0.15) is 0 Å². The molecule has 2 rings (SSSR count). The van der Waals surface area contributed by atoms with Gasteiger partial charge in [-0.15, -0.1) is 0 Å². The van der Waals surface area contributed by atoms with E-state index in [9.17, 15) is 4.79 Å². The molecule has 1 aliphatic heterocycles. The van der Waals surface area contributed by atoms with Crippen LogP contribution in [0.2, 0.25) is 0 Å². The van der Waals surface area contributed by atoms with E-state index in [4.69, 9.17) is 0 Å². The maximum atomic E-state index is 12.1. The largest absolute Gasteiger partial charge is 0.348 e. The third-order valence-corrected chi connectivity index (χ3v) is 3.29. The van der Waals surface area contributed by atoms with Gasteiger partial charge in [0.25, 0.3) is 0 Å². The fourth-order valence-corrected chi connectivity index (χ4v) is 2.20. The number of carbonyl (C=O) groups is 1. The highest BCUT2D eigenvalue weighted by Crippen LogP contribution is 2.20. The zero-order chi connectivity index (χ0) is 10.8. The summed E-state index contributed by atoms with van der Waals surface area (Å²) in [5.74, 6) is 0.547.